The molecular weight excluding hydrogens is 242 g/mol. The summed E-state index contributed by atoms with van der Waals surface area (Å²) in [6.45, 7) is 6.65. The molecule has 0 bridgehead atoms. The molecule has 1 fully saturated rings. The number of hydrogen-bond donors (Lipinski definition) is 1. The molecule has 2 unspecified atom stereocenters. The zero-order valence-corrected chi connectivity index (χ0v) is 13.2. The Labute approximate surface area is 118 Å². The van der Waals surface area contributed by atoms with Crippen LogP contribution in [0, 0.1) is 5.92 Å². The van der Waals surface area contributed by atoms with Crippen LogP contribution in [-0.4, -0.2) is 37.3 Å². The highest BCUT2D eigenvalue weighted by Crippen LogP contribution is 2.20. The van der Waals surface area contributed by atoms with Crippen LogP contribution in [0.3, 0.4) is 0 Å². The van der Waals surface area contributed by atoms with Crippen molar-refractivity contribution in [2.75, 3.05) is 25.2 Å². The highest BCUT2D eigenvalue weighted by molar-refractivity contribution is 7.98. The van der Waals surface area contributed by atoms with E-state index in [1.54, 1.807) is 0 Å². The fourth-order valence-corrected chi connectivity index (χ4v) is 3.00. The number of hydrogen-bond acceptors (Lipinski definition) is 3. The van der Waals surface area contributed by atoms with E-state index in [0.717, 1.165) is 6.61 Å². The molecular formula is C15H31NOS. The van der Waals surface area contributed by atoms with Gasteiger partial charge in [0.05, 0.1) is 6.10 Å². The van der Waals surface area contributed by atoms with Gasteiger partial charge in [0, 0.05) is 12.6 Å². The smallest absolute Gasteiger partial charge is 0.0612 e. The van der Waals surface area contributed by atoms with Gasteiger partial charge in [-0.25, -0.2) is 0 Å². The molecule has 0 aromatic heterocycles. The third kappa shape index (κ3) is 7.01. The van der Waals surface area contributed by atoms with Crippen molar-refractivity contribution in [3.63, 3.8) is 0 Å². The number of unbranched alkanes of at least 4 members (excludes halogenated alkanes) is 3. The normalized spacial score (nSPS) is 24.7. The fraction of sp³-hybridized carbons (Fsp3) is 1.00. The molecule has 2 atom stereocenters. The average Bonchev–Trinajstić information content (AvgIpc) is 2.38. The minimum atomic E-state index is 0.470. The van der Waals surface area contributed by atoms with Crippen molar-refractivity contribution in [1.82, 2.24) is 5.32 Å². The van der Waals surface area contributed by atoms with Crippen LogP contribution in [0.4, 0.5) is 0 Å². The van der Waals surface area contributed by atoms with E-state index in [9.17, 15) is 0 Å². The predicted molar refractivity (Wildman–Crippen MR) is 82.5 cm³/mol. The molecule has 18 heavy (non-hydrogen) atoms. The molecule has 0 saturated carbocycles. The molecule has 1 N–H and O–H groups in total. The van der Waals surface area contributed by atoms with Gasteiger partial charge >= 0.3 is 0 Å². The fourth-order valence-electron chi connectivity index (χ4n) is 2.51. The van der Waals surface area contributed by atoms with E-state index >= 15 is 0 Å². The Hall–Kier alpha value is 0.270. The summed E-state index contributed by atoms with van der Waals surface area (Å²) < 4.78 is 5.80. The van der Waals surface area contributed by atoms with Crippen LogP contribution >= 0.6 is 11.8 Å². The number of nitrogens with one attached hydrogen (secondary N) is 1. The van der Waals surface area contributed by atoms with Crippen LogP contribution in [0.15, 0.2) is 0 Å². The summed E-state index contributed by atoms with van der Waals surface area (Å²) in [6.07, 6.45) is 10.5. The Morgan fingerprint density at radius 1 is 1.22 bits per heavy atom. The standard InChI is InChI=1S/C15H31NOS/c1-13(2)15-12-14(8-10-17-15)16-9-6-4-5-7-11-18-3/h13-16H,4-12H2,1-3H3. The van der Waals surface area contributed by atoms with Crippen LogP contribution in [0.25, 0.3) is 0 Å². The molecule has 0 aliphatic carbocycles. The zero-order chi connectivity index (χ0) is 13.2. The maximum Gasteiger partial charge on any atom is 0.0612 e. The van der Waals surface area contributed by atoms with Crippen molar-refractivity contribution in [2.45, 2.75) is 64.5 Å². The van der Waals surface area contributed by atoms with Gasteiger partial charge < -0.3 is 10.1 Å². The molecule has 1 saturated heterocycles. The summed E-state index contributed by atoms with van der Waals surface area (Å²) in [5.74, 6) is 1.98. The summed E-state index contributed by atoms with van der Waals surface area (Å²) >= 11 is 1.96. The molecule has 1 aliphatic rings. The SMILES string of the molecule is CSCCCCCCNC1CCOC(C(C)C)C1. The van der Waals surface area contributed by atoms with Crippen LogP contribution in [0.2, 0.25) is 0 Å². The number of ether oxygens (including phenoxy) is 1. The average molecular weight is 273 g/mol. The van der Waals surface area contributed by atoms with Gasteiger partial charge in [-0.3, -0.25) is 0 Å². The van der Waals surface area contributed by atoms with Crippen molar-refractivity contribution >= 4 is 11.8 Å². The molecule has 0 radical (unpaired) electrons. The molecule has 3 heteroatoms. The van der Waals surface area contributed by atoms with Gasteiger partial charge in [-0.1, -0.05) is 26.7 Å². The van der Waals surface area contributed by atoms with Crippen molar-refractivity contribution in [3.8, 4) is 0 Å². The molecule has 0 aromatic carbocycles. The maximum absolute atomic E-state index is 5.80. The van der Waals surface area contributed by atoms with Gasteiger partial charge in [0.2, 0.25) is 0 Å². The lowest BCUT2D eigenvalue weighted by molar-refractivity contribution is -0.0242. The second-order valence-electron chi connectivity index (χ2n) is 5.74. The lowest BCUT2D eigenvalue weighted by Crippen LogP contribution is -2.41. The van der Waals surface area contributed by atoms with Crippen molar-refractivity contribution in [3.05, 3.63) is 0 Å². The predicted octanol–water partition coefficient (Wildman–Crippen LogP) is 3.70. The quantitative estimate of drug-likeness (QED) is 0.647. The van der Waals surface area contributed by atoms with E-state index in [0.29, 0.717) is 18.1 Å². The first-order chi connectivity index (χ1) is 8.74. The van der Waals surface area contributed by atoms with Crippen molar-refractivity contribution < 1.29 is 4.74 Å². The van der Waals surface area contributed by atoms with E-state index in [2.05, 4.69) is 25.4 Å². The summed E-state index contributed by atoms with van der Waals surface area (Å²) in [5.41, 5.74) is 0. The first-order valence-electron chi connectivity index (χ1n) is 7.58. The Bertz CT molecular complexity index is 199. The highest BCUT2D eigenvalue weighted by atomic mass is 32.2. The summed E-state index contributed by atoms with van der Waals surface area (Å²) in [4.78, 5) is 0. The summed E-state index contributed by atoms with van der Waals surface area (Å²) in [7, 11) is 0. The first kappa shape index (κ1) is 16.3. The molecule has 1 aliphatic heterocycles. The van der Waals surface area contributed by atoms with Gasteiger partial charge in [0.15, 0.2) is 0 Å². The van der Waals surface area contributed by atoms with E-state index in [1.807, 2.05) is 11.8 Å². The topological polar surface area (TPSA) is 21.3 Å². The Balaban J connectivity index is 1.98. The molecule has 0 amide bonds. The molecule has 1 heterocycles. The van der Waals surface area contributed by atoms with Crippen LogP contribution in [0.5, 0.6) is 0 Å². The van der Waals surface area contributed by atoms with Crippen molar-refractivity contribution in [1.29, 1.82) is 0 Å². The lowest BCUT2D eigenvalue weighted by Gasteiger charge is -2.32. The monoisotopic (exact) mass is 273 g/mol. The van der Waals surface area contributed by atoms with E-state index in [1.165, 1.54) is 50.8 Å². The minimum Gasteiger partial charge on any atom is -0.378 e. The number of thioether (sulfide) groups is 1. The molecule has 0 aromatic rings. The highest BCUT2D eigenvalue weighted by Gasteiger charge is 2.24. The molecule has 108 valence electrons. The van der Waals surface area contributed by atoms with Gasteiger partial charge in [0.25, 0.3) is 0 Å². The molecule has 0 spiro atoms. The maximum atomic E-state index is 5.80. The van der Waals surface area contributed by atoms with Gasteiger partial charge in [-0.05, 0) is 50.2 Å². The minimum absolute atomic E-state index is 0.470. The third-order valence-corrected chi connectivity index (χ3v) is 4.46. The first-order valence-corrected chi connectivity index (χ1v) is 8.97. The zero-order valence-electron chi connectivity index (χ0n) is 12.4. The van der Waals surface area contributed by atoms with E-state index in [4.69, 9.17) is 4.74 Å². The second kappa shape index (κ2) is 10.1. The van der Waals surface area contributed by atoms with Crippen LogP contribution in [0.1, 0.15) is 52.4 Å². The van der Waals surface area contributed by atoms with Gasteiger partial charge in [-0.2, -0.15) is 11.8 Å². The Morgan fingerprint density at radius 3 is 2.72 bits per heavy atom. The summed E-state index contributed by atoms with van der Waals surface area (Å²) in [5, 5.41) is 3.71. The van der Waals surface area contributed by atoms with E-state index in [-0.39, 0.29) is 0 Å². The largest absolute Gasteiger partial charge is 0.378 e. The molecule has 2 nitrogen and oxygen atoms in total. The third-order valence-electron chi connectivity index (χ3n) is 3.77. The van der Waals surface area contributed by atoms with Gasteiger partial charge in [-0.15, -0.1) is 0 Å². The number of rotatable bonds is 9. The molecule has 1 rings (SSSR count). The Kier molecular flexibility index (Phi) is 9.16. The van der Waals surface area contributed by atoms with Gasteiger partial charge in [0.1, 0.15) is 0 Å². The summed E-state index contributed by atoms with van der Waals surface area (Å²) in [6, 6.07) is 0.692. The van der Waals surface area contributed by atoms with Crippen LogP contribution in [-0.2, 0) is 4.74 Å². The van der Waals surface area contributed by atoms with Crippen molar-refractivity contribution in [2.24, 2.45) is 5.92 Å². The van der Waals surface area contributed by atoms with Crippen LogP contribution < -0.4 is 5.32 Å². The second-order valence-corrected chi connectivity index (χ2v) is 6.72. The lowest BCUT2D eigenvalue weighted by atomic mass is 9.95. The van der Waals surface area contributed by atoms with E-state index < -0.39 is 0 Å². The Morgan fingerprint density at radius 2 is 2.00 bits per heavy atom.